The molecule has 4 heteroatoms. The second kappa shape index (κ2) is 7.65. The summed E-state index contributed by atoms with van der Waals surface area (Å²) in [5.41, 5.74) is 1.35. The SMILES string of the molecule is CC1OC2(CCN(C)CC2)CC1NCCCNc1ccccc1. The van der Waals surface area contributed by atoms with Gasteiger partial charge in [-0.1, -0.05) is 18.2 Å². The van der Waals surface area contributed by atoms with E-state index in [1.165, 1.54) is 38.0 Å². The highest BCUT2D eigenvalue weighted by Crippen LogP contribution is 2.38. The highest BCUT2D eigenvalue weighted by Gasteiger charge is 2.45. The fourth-order valence-corrected chi connectivity index (χ4v) is 3.84. The number of ether oxygens (including phenoxy) is 1. The molecule has 1 spiro atoms. The lowest BCUT2D eigenvalue weighted by Crippen LogP contribution is -2.43. The van der Waals surface area contributed by atoms with Crippen LogP contribution in [0.3, 0.4) is 0 Å². The third-order valence-corrected chi connectivity index (χ3v) is 5.36. The Morgan fingerprint density at radius 1 is 1.17 bits per heavy atom. The van der Waals surface area contributed by atoms with Crippen LogP contribution in [0.15, 0.2) is 30.3 Å². The molecule has 23 heavy (non-hydrogen) atoms. The summed E-state index contributed by atoms with van der Waals surface area (Å²) in [7, 11) is 2.21. The van der Waals surface area contributed by atoms with Gasteiger partial charge in [-0.2, -0.15) is 0 Å². The zero-order chi connectivity index (χ0) is 16.1. The number of benzene rings is 1. The van der Waals surface area contributed by atoms with Crippen molar-refractivity contribution in [3.05, 3.63) is 30.3 Å². The summed E-state index contributed by atoms with van der Waals surface area (Å²) in [6.07, 6.45) is 5.01. The third-order valence-electron chi connectivity index (χ3n) is 5.36. The van der Waals surface area contributed by atoms with Crippen LogP contribution in [0.25, 0.3) is 0 Å². The molecule has 0 aliphatic carbocycles. The van der Waals surface area contributed by atoms with E-state index in [1.54, 1.807) is 0 Å². The van der Waals surface area contributed by atoms with Gasteiger partial charge >= 0.3 is 0 Å². The lowest BCUT2D eigenvalue weighted by atomic mass is 9.87. The summed E-state index contributed by atoms with van der Waals surface area (Å²) < 4.78 is 6.37. The van der Waals surface area contributed by atoms with Gasteiger partial charge in [-0.3, -0.25) is 0 Å². The van der Waals surface area contributed by atoms with Crippen LogP contribution in [-0.2, 0) is 4.74 Å². The van der Waals surface area contributed by atoms with Crippen molar-refractivity contribution in [2.24, 2.45) is 0 Å². The van der Waals surface area contributed by atoms with Crippen molar-refractivity contribution in [1.29, 1.82) is 0 Å². The fraction of sp³-hybridized carbons (Fsp3) is 0.684. The van der Waals surface area contributed by atoms with Gasteiger partial charge in [0.25, 0.3) is 0 Å². The predicted molar refractivity (Wildman–Crippen MR) is 96.0 cm³/mol. The zero-order valence-corrected chi connectivity index (χ0v) is 14.6. The summed E-state index contributed by atoms with van der Waals surface area (Å²) in [4.78, 5) is 2.41. The van der Waals surface area contributed by atoms with Crippen molar-refractivity contribution < 1.29 is 4.74 Å². The topological polar surface area (TPSA) is 36.5 Å². The first-order chi connectivity index (χ1) is 11.2. The Labute approximate surface area is 140 Å². The van der Waals surface area contributed by atoms with Gasteiger partial charge in [0.2, 0.25) is 0 Å². The summed E-state index contributed by atoms with van der Waals surface area (Å²) in [6, 6.07) is 10.9. The highest BCUT2D eigenvalue weighted by atomic mass is 16.5. The summed E-state index contributed by atoms with van der Waals surface area (Å²) in [6.45, 7) is 6.62. The minimum absolute atomic E-state index is 0.145. The molecule has 0 bridgehead atoms. The Hall–Kier alpha value is -1.10. The smallest absolute Gasteiger partial charge is 0.0727 e. The fourth-order valence-electron chi connectivity index (χ4n) is 3.84. The van der Waals surface area contributed by atoms with Crippen LogP contribution >= 0.6 is 0 Å². The van der Waals surface area contributed by atoms with Gasteiger partial charge in [0.15, 0.2) is 0 Å². The Morgan fingerprint density at radius 2 is 1.91 bits per heavy atom. The number of hydrogen-bond donors (Lipinski definition) is 2. The Morgan fingerprint density at radius 3 is 2.65 bits per heavy atom. The zero-order valence-electron chi connectivity index (χ0n) is 14.6. The molecule has 2 N–H and O–H groups in total. The lowest BCUT2D eigenvalue weighted by molar-refractivity contribution is -0.0693. The van der Waals surface area contributed by atoms with Gasteiger partial charge in [0.1, 0.15) is 0 Å². The molecule has 0 amide bonds. The van der Waals surface area contributed by atoms with Crippen molar-refractivity contribution in [2.75, 3.05) is 38.5 Å². The van der Waals surface area contributed by atoms with E-state index in [2.05, 4.69) is 53.8 Å². The maximum absolute atomic E-state index is 6.37. The van der Waals surface area contributed by atoms with Crippen molar-refractivity contribution in [2.45, 2.75) is 50.4 Å². The molecule has 2 aliphatic rings. The number of anilines is 1. The molecule has 3 rings (SSSR count). The molecule has 4 nitrogen and oxygen atoms in total. The standard InChI is InChI=1S/C19H31N3O/c1-16-18(15-19(23-16)9-13-22(2)14-10-19)21-12-6-11-20-17-7-4-3-5-8-17/h3-5,7-8,16,18,20-21H,6,9-15H2,1-2H3. The first-order valence-electron chi connectivity index (χ1n) is 9.06. The number of piperidine rings is 1. The van der Waals surface area contributed by atoms with Crippen LogP contribution in [0.5, 0.6) is 0 Å². The highest BCUT2D eigenvalue weighted by molar-refractivity contribution is 5.42. The van der Waals surface area contributed by atoms with E-state index in [0.717, 1.165) is 19.5 Å². The minimum Gasteiger partial charge on any atom is -0.385 e. The normalized spacial score (nSPS) is 27.4. The Bertz CT molecular complexity index is 471. The number of likely N-dealkylation sites (tertiary alicyclic amines) is 1. The largest absolute Gasteiger partial charge is 0.385 e. The van der Waals surface area contributed by atoms with Crippen LogP contribution in [-0.4, -0.2) is 55.9 Å². The molecule has 1 aromatic rings. The quantitative estimate of drug-likeness (QED) is 0.791. The van der Waals surface area contributed by atoms with Gasteiger partial charge in [-0.15, -0.1) is 0 Å². The van der Waals surface area contributed by atoms with Crippen LogP contribution in [0.4, 0.5) is 5.69 Å². The summed E-state index contributed by atoms with van der Waals surface area (Å²) in [5.74, 6) is 0. The van der Waals surface area contributed by atoms with E-state index in [-0.39, 0.29) is 5.60 Å². The summed E-state index contributed by atoms with van der Waals surface area (Å²) >= 11 is 0. The van der Waals surface area contributed by atoms with Crippen LogP contribution in [0, 0.1) is 0 Å². The molecule has 1 aromatic carbocycles. The van der Waals surface area contributed by atoms with E-state index in [1.807, 2.05) is 6.07 Å². The van der Waals surface area contributed by atoms with Gasteiger partial charge in [0, 0.05) is 31.4 Å². The Balaban J connectivity index is 1.36. The molecule has 2 unspecified atom stereocenters. The minimum atomic E-state index is 0.145. The third kappa shape index (κ3) is 4.46. The van der Waals surface area contributed by atoms with Crippen LogP contribution < -0.4 is 10.6 Å². The molecule has 0 saturated carbocycles. The van der Waals surface area contributed by atoms with Crippen molar-refractivity contribution in [3.63, 3.8) is 0 Å². The number of rotatable bonds is 6. The molecule has 2 saturated heterocycles. The number of nitrogens with one attached hydrogen (secondary N) is 2. The molecule has 0 radical (unpaired) electrons. The van der Waals surface area contributed by atoms with Crippen LogP contribution in [0.2, 0.25) is 0 Å². The van der Waals surface area contributed by atoms with Crippen molar-refractivity contribution >= 4 is 5.69 Å². The lowest BCUT2D eigenvalue weighted by Gasteiger charge is -2.37. The molecular weight excluding hydrogens is 286 g/mol. The molecule has 2 fully saturated rings. The average Bonchev–Trinajstić information content (AvgIpc) is 2.87. The van der Waals surface area contributed by atoms with E-state index < -0.39 is 0 Å². The second-order valence-corrected chi connectivity index (χ2v) is 7.22. The maximum Gasteiger partial charge on any atom is 0.0727 e. The van der Waals surface area contributed by atoms with Gasteiger partial charge < -0.3 is 20.3 Å². The number of para-hydroxylation sites is 1. The number of hydrogen-bond acceptors (Lipinski definition) is 4. The van der Waals surface area contributed by atoms with Gasteiger partial charge in [-0.25, -0.2) is 0 Å². The monoisotopic (exact) mass is 317 g/mol. The van der Waals surface area contributed by atoms with E-state index in [9.17, 15) is 0 Å². The van der Waals surface area contributed by atoms with Gasteiger partial charge in [0.05, 0.1) is 11.7 Å². The molecule has 2 atom stereocenters. The van der Waals surface area contributed by atoms with Crippen LogP contribution in [0.1, 0.15) is 32.6 Å². The predicted octanol–water partition coefficient (Wildman–Crippen LogP) is 2.72. The molecule has 2 aliphatic heterocycles. The van der Waals surface area contributed by atoms with E-state index in [4.69, 9.17) is 4.74 Å². The average molecular weight is 317 g/mol. The first-order valence-corrected chi connectivity index (χ1v) is 9.06. The second-order valence-electron chi connectivity index (χ2n) is 7.22. The van der Waals surface area contributed by atoms with Gasteiger partial charge in [-0.05, 0) is 58.3 Å². The Kier molecular flexibility index (Phi) is 5.57. The summed E-state index contributed by atoms with van der Waals surface area (Å²) in [5, 5.41) is 7.19. The van der Waals surface area contributed by atoms with E-state index in [0.29, 0.717) is 12.1 Å². The molecular formula is C19H31N3O. The van der Waals surface area contributed by atoms with Crippen molar-refractivity contribution in [1.82, 2.24) is 10.2 Å². The molecule has 2 heterocycles. The number of nitrogens with zero attached hydrogens (tertiary/aromatic N) is 1. The molecule has 128 valence electrons. The first kappa shape index (κ1) is 16.7. The molecule has 0 aromatic heterocycles. The van der Waals surface area contributed by atoms with E-state index >= 15 is 0 Å². The van der Waals surface area contributed by atoms with Crippen molar-refractivity contribution in [3.8, 4) is 0 Å². The maximum atomic E-state index is 6.37.